The van der Waals surface area contributed by atoms with Crippen molar-refractivity contribution in [3.05, 3.63) is 95.6 Å². The smallest absolute Gasteiger partial charge is 0.407 e. The average molecular weight is 945 g/mol. The molecule has 0 saturated heterocycles. The highest BCUT2D eigenvalue weighted by molar-refractivity contribution is 5.95. The number of carbonyl (C=O) groups is 9. The van der Waals surface area contributed by atoms with Crippen molar-refractivity contribution in [2.24, 2.45) is 17.4 Å². The third kappa shape index (κ3) is 16.2. The van der Waals surface area contributed by atoms with Crippen LogP contribution in [0.25, 0.3) is 11.1 Å². The first-order valence-electron chi connectivity index (χ1n) is 22.0. The molecule has 3 aromatic rings. The Hall–Kier alpha value is -7.39. The highest BCUT2D eigenvalue weighted by Crippen LogP contribution is 2.44. The molecule has 21 heteroatoms. The van der Waals surface area contributed by atoms with Gasteiger partial charge in [0.05, 0.1) is 31.0 Å². The Balaban J connectivity index is 1.38. The van der Waals surface area contributed by atoms with E-state index in [0.29, 0.717) is 5.56 Å². The number of aliphatic hydroxyl groups excluding tert-OH is 1. The van der Waals surface area contributed by atoms with E-state index in [4.69, 9.17) is 16.2 Å². The van der Waals surface area contributed by atoms with Crippen molar-refractivity contribution in [3.63, 3.8) is 0 Å². The fourth-order valence-corrected chi connectivity index (χ4v) is 7.69. The number of carboxylic acid groups (broad SMARTS) is 2. The summed E-state index contributed by atoms with van der Waals surface area (Å²) >= 11 is 0. The summed E-state index contributed by atoms with van der Waals surface area (Å²) in [6.45, 7) is 4.24. The Labute approximate surface area is 392 Å². The Bertz CT molecular complexity index is 2250. The number of ether oxygens (including phenoxy) is 1. The second-order valence-electron chi connectivity index (χ2n) is 16.9. The molecule has 0 unspecified atom stereocenters. The topological polar surface area (TPSA) is 348 Å². The molecule has 0 radical (unpaired) electrons. The van der Waals surface area contributed by atoms with E-state index in [1.54, 1.807) is 44.2 Å². The van der Waals surface area contributed by atoms with Crippen LogP contribution in [-0.4, -0.2) is 124 Å². The number of alkyl carbamates (subject to hydrolysis) is 1. The molecule has 0 fully saturated rings. The van der Waals surface area contributed by atoms with Crippen LogP contribution in [0.2, 0.25) is 0 Å². The zero-order chi connectivity index (χ0) is 50.1. The van der Waals surface area contributed by atoms with E-state index in [9.17, 15) is 58.5 Å². The molecule has 3 aromatic carbocycles. The van der Waals surface area contributed by atoms with Crippen molar-refractivity contribution in [3.8, 4) is 11.1 Å². The molecule has 21 nitrogen and oxygen atoms in total. The first-order chi connectivity index (χ1) is 32.2. The second-order valence-corrected chi connectivity index (χ2v) is 16.9. The predicted octanol–water partition coefficient (Wildman–Crippen LogP) is 0.161. The van der Waals surface area contributed by atoms with Crippen LogP contribution in [0, 0.1) is 5.92 Å². The number of hydrogen-bond donors (Lipinski definition) is 11. The maximum atomic E-state index is 13.6. The summed E-state index contributed by atoms with van der Waals surface area (Å²) < 4.78 is 5.56. The number of benzene rings is 3. The Morgan fingerprint density at radius 3 is 1.75 bits per heavy atom. The minimum absolute atomic E-state index is 0.00188. The molecule has 1 aliphatic carbocycles. The number of carboxylic acids is 2. The molecule has 7 amide bonds. The standard InChI is InChI=1S/C47H60N8O13/c1-25(2)19-34(53-46(66)37(21-39(48)57)55-47(67)68-24-32-30-15-9-7-13-28(30)29-14-8-10-16-31(29)32)38(56)23-50-36(22-41(60)61)45(65)51-26(3)43(63)52-33(17-18-40(58)59)44(64)54-35(42(49)62)20-27-11-5-4-6-12-27/h4-16,25-26,32-38,50,56H,17-24H2,1-3H3,(H2,48,57)(H2,49,62)(H,51,65)(H,52,63)(H,53,66)(H,54,64)(H,55,67)(H,58,59)(H,60,61)/t26-,33-,34-,35-,36-,37-,38-/m0/s1. The Kier molecular flexibility index (Phi) is 20.0. The first-order valence-corrected chi connectivity index (χ1v) is 22.0. The lowest BCUT2D eigenvalue weighted by Gasteiger charge is -2.29. The van der Waals surface area contributed by atoms with Crippen LogP contribution in [-0.2, 0) is 49.5 Å². The van der Waals surface area contributed by atoms with Gasteiger partial charge in [0.15, 0.2) is 0 Å². The van der Waals surface area contributed by atoms with E-state index in [1.165, 1.54) is 6.92 Å². The van der Waals surface area contributed by atoms with E-state index in [-0.39, 0.29) is 31.3 Å². The summed E-state index contributed by atoms with van der Waals surface area (Å²) in [4.78, 5) is 114. The highest BCUT2D eigenvalue weighted by Gasteiger charge is 2.34. The molecule has 4 rings (SSSR count). The van der Waals surface area contributed by atoms with Gasteiger partial charge in [-0.2, -0.15) is 0 Å². The van der Waals surface area contributed by atoms with E-state index in [1.807, 2.05) is 48.5 Å². The van der Waals surface area contributed by atoms with Crippen molar-refractivity contribution in [2.45, 2.75) is 108 Å². The largest absolute Gasteiger partial charge is 0.481 e. The van der Waals surface area contributed by atoms with Gasteiger partial charge in [0.25, 0.3) is 0 Å². The van der Waals surface area contributed by atoms with Crippen LogP contribution in [0.5, 0.6) is 0 Å². The third-order valence-corrected chi connectivity index (χ3v) is 11.1. The van der Waals surface area contributed by atoms with Gasteiger partial charge in [-0.15, -0.1) is 0 Å². The molecule has 366 valence electrons. The fraction of sp³-hybridized carbons (Fsp3) is 0.426. The van der Waals surface area contributed by atoms with Gasteiger partial charge >= 0.3 is 18.0 Å². The van der Waals surface area contributed by atoms with Crippen LogP contribution in [0.4, 0.5) is 4.79 Å². The molecule has 0 saturated carbocycles. The monoisotopic (exact) mass is 944 g/mol. The molecule has 13 N–H and O–H groups in total. The number of nitrogens with one attached hydrogen (secondary N) is 6. The Morgan fingerprint density at radius 2 is 1.19 bits per heavy atom. The maximum absolute atomic E-state index is 13.6. The lowest BCUT2D eigenvalue weighted by molar-refractivity contribution is -0.140. The summed E-state index contributed by atoms with van der Waals surface area (Å²) in [6.07, 6.45) is -4.79. The molecule has 0 aliphatic heterocycles. The van der Waals surface area contributed by atoms with Gasteiger partial charge in [-0.25, -0.2) is 4.79 Å². The lowest BCUT2D eigenvalue weighted by atomic mass is 9.98. The van der Waals surface area contributed by atoms with Gasteiger partial charge in [0.2, 0.25) is 35.4 Å². The van der Waals surface area contributed by atoms with Gasteiger partial charge in [0.1, 0.15) is 30.8 Å². The van der Waals surface area contributed by atoms with Gasteiger partial charge in [-0.05, 0) is 53.5 Å². The number of amides is 7. The fourth-order valence-electron chi connectivity index (χ4n) is 7.69. The summed E-state index contributed by atoms with van der Waals surface area (Å²) in [5.41, 5.74) is 15.5. The molecule has 0 spiro atoms. The number of fused-ring (bicyclic) bond motifs is 3. The van der Waals surface area contributed by atoms with E-state index < -0.39 is 128 Å². The van der Waals surface area contributed by atoms with Crippen LogP contribution < -0.4 is 43.4 Å². The van der Waals surface area contributed by atoms with Gasteiger partial charge < -0.3 is 63.4 Å². The first kappa shape index (κ1) is 53.2. The minimum atomic E-state index is -1.56. The lowest BCUT2D eigenvalue weighted by Crippen LogP contribution is -2.58. The van der Waals surface area contributed by atoms with Crippen molar-refractivity contribution >= 4 is 53.5 Å². The summed E-state index contributed by atoms with van der Waals surface area (Å²) in [7, 11) is 0. The van der Waals surface area contributed by atoms with Crippen molar-refractivity contribution in [1.82, 2.24) is 31.9 Å². The van der Waals surface area contributed by atoms with Crippen molar-refractivity contribution < 1.29 is 63.2 Å². The zero-order valence-electron chi connectivity index (χ0n) is 37.9. The van der Waals surface area contributed by atoms with Gasteiger partial charge in [0, 0.05) is 25.3 Å². The molecular weight excluding hydrogens is 885 g/mol. The van der Waals surface area contributed by atoms with Gasteiger partial charge in [-0.3, -0.25) is 38.4 Å². The number of carbonyl (C=O) groups excluding carboxylic acids is 7. The summed E-state index contributed by atoms with van der Waals surface area (Å²) in [6, 6.07) is 15.6. The normalized spacial score (nSPS) is 14.8. The quantitative estimate of drug-likeness (QED) is 0.0485. The highest BCUT2D eigenvalue weighted by atomic mass is 16.5. The molecule has 0 heterocycles. The number of aliphatic hydroxyl groups is 1. The molecule has 0 aromatic heterocycles. The van der Waals surface area contributed by atoms with Crippen LogP contribution in [0.15, 0.2) is 78.9 Å². The summed E-state index contributed by atoms with van der Waals surface area (Å²) in [5.74, 6) is -8.76. The van der Waals surface area contributed by atoms with E-state index >= 15 is 0 Å². The third-order valence-electron chi connectivity index (χ3n) is 11.1. The molecule has 68 heavy (non-hydrogen) atoms. The second kappa shape index (κ2) is 25.5. The number of aliphatic carboxylic acids is 2. The van der Waals surface area contributed by atoms with Crippen molar-refractivity contribution in [2.75, 3.05) is 13.2 Å². The zero-order valence-corrected chi connectivity index (χ0v) is 37.9. The molecule has 1 aliphatic rings. The number of hydrogen-bond acceptors (Lipinski definition) is 12. The Morgan fingerprint density at radius 1 is 0.632 bits per heavy atom. The number of rotatable bonds is 27. The molecule has 7 atom stereocenters. The average Bonchev–Trinajstić information content (AvgIpc) is 3.60. The SMILES string of the molecule is CC(C)C[C@H](NC(=O)[C@H](CC(N)=O)NC(=O)OCC1c2ccccc2-c2ccccc21)[C@@H](O)CN[C@@H](CC(=O)O)C(=O)N[C@@H](C)C(=O)N[C@@H](CCC(=O)O)C(=O)N[C@@H](Cc1ccccc1)C(N)=O. The van der Waals surface area contributed by atoms with Crippen LogP contribution >= 0.6 is 0 Å². The number of primary amides is 2. The van der Waals surface area contributed by atoms with E-state index in [2.05, 4.69) is 31.9 Å². The van der Waals surface area contributed by atoms with Crippen LogP contribution in [0.1, 0.15) is 75.5 Å². The van der Waals surface area contributed by atoms with E-state index in [0.717, 1.165) is 22.3 Å². The van der Waals surface area contributed by atoms with Crippen molar-refractivity contribution in [1.29, 1.82) is 0 Å². The van der Waals surface area contributed by atoms with Gasteiger partial charge in [-0.1, -0.05) is 92.7 Å². The molecular formula is C47H60N8O13. The maximum Gasteiger partial charge on any atom is 0.407 e. The molecule has 0 bridgehead atoms. The minimum Gasteiger partial charge on any atom is -0.481 e. The number of nitrogens with two attached hydrogens (primary N) is 2. The predicted molar refractivity (Wildman–Crippen MR) is 245 cm³/mol. The summed E-state index contributed by atoms with van der Waals surface area (Å²) in [5, 5.41) is 45.1. The van der Waals surface area contributed by atoms with Crippen LogP contribution in [0.3, 0.4) is 0 Å².